The lowest BCUT2D eigenvalue weighted by Crippen LogP contribution is -2.37. The number of hydrogen-bond donors (Lipinski definition) is 1. The Morgan fingerprint density at radius 3 is 3.16 bits per heavy atom. The van der Waals surface area contributed by atoms with Gasteiger partial charge >= 0.3 is 0 Å². The van der Waals surface area contributed by atoms with E-state index in [1.165, 1.54) is 0 Å². The normalized spacial score (nSPS) is 19.5. The van der Waals surface area contributed by atoms with Crippen LogP contribution in [0.4, 0.5) is 5.82 Å². The van der Waals surface area contributed by atoms with E-state index in [1.54, 1.807) is 30.9 Å². The summed E-state index contributed by atoms with van der Waals surface area (Å²) in [6.07, 6.45) is 8.06. The third-order valence-electron chi connectivity index (χ3n) is 4.72. The number of hydrogen-bond acceptors (Lipinski definition) is 6. The quantitative estimate of drug-likeness (QED) is 0.912. The van der Waals surface area contributed by atoms with E-state index in [4.69, 9.17) is 4.74 Å². The van der Waals surface area contributed by atoms with Crippen LogP contribution in [0, 0.1) is 0 Å². The SMILES string of the molecule is O=C(c1cccnc1)N1CCc2c(ncnc2NC[C@@H]2CCCO2)C1. The van der Waals surface area contributed by atoms with Gasteiger partial charge in [-0.25, -0.2) is 9.97 Å². The summed E-state index contributed by atoms with van der Waals surface area (Å²) in [7, 11) is 0. The number of ether oxygens (including phenoxy) is 1. The van der Waals surface area contributed by atoms with Gasteiger partial charge < -0.3 is 15.0 Å². The van der Waals surface area contributed by atoms with Gasteiger partial charge in [-0.2, -0.15) is 0 Å². The summed E-state index contributed by atoms with van der Waals surface area (Å²) in [5.41, 5.74) is 2.63. The Kier molecular flexibility index (Phi) is 4.56. The molecular formula is C18H21N5O2. The van der Waals surface area contributed by atoms with Crippen LogP contribution in [0.2, 0.25) is 0 Å². The lowest BCUT2D eigenvalue weighted by atomic mass is 10.0. The maximum atomic E-state index is 12.6. The molecule has 1 saturated heterocycles. The van der Waals surface area contributed by atoms with Crippen molar-refractivity contribution in [1.29, 1.82) is 0 Å². The molecule has 0 saturated carbocycles. The van der Waals surface area contributed by atoms with Gasteiger partial charge in [-0.1, -0.05) is 0 Å². The van der Waals surface area contributed by atoms with Crippen molar-refractivity contribution in [2.75, 3.05) is 25.0 Å². The Balaban J connectivity index is 1.46. The van der Waals surface area contributed by atoms with Crippen molar-refractivity contribution in [3.05, 3.63) is 47.7 Å². The van der Waals surface area contributed by atoms with Crippen LogP contribution in [0.3, 0.4) is 0 Å². The smallest absolute Gasteiger partial charge is 0.255 e. The molecule has 4 heterocycles. The Labute approximate surface area is 146 Å². The van der Waals surface area contributed by atoms with Gasteiger partial charge in [-0.3, -0.25) is 9.78 Å². The molecule has 1 amide bonds. The van der Waals surface area contributed by atoms with Crippen molar-refractivity contribution < 1.29 is 9.53 Å². The van der Waals surface area contributed by atoms with E-state index in [0.29, 0.717) is 18.7 Å². The van der Waals surface area contributed by atoms with Gasteiger partial charge in [0.25, 0.3) is 5.91 Å². The van der Waals surface area contributed by atoms with Gasteiger partial charge in [0.05, 0.1) is 23.9 Å². The first-order chi connectivity index (χ1) is 12.3. The summed E-state index contributed by atoms with van der Waals surface area (Å²) in [6, 6.07) is 3.57. The molecule has 0 aliphatic carbocycles. The van der Waals surface area contributed by atoms with E-state index in [2.05, 4.69) is 20.3 Å². The first-order valence-electron chi connectivity index (χ1n) is 8.69. The minimum Gasteiger partial charge on any atom is -0.376 e. The number of fused-ring (bicyclic) bond motifs is 1. The number of anilines is 1. The molecule has 4 rings (SSSR count). The Morgan fingerprint density at radius 1 is 1.40 bits per heavy atom. The summed E-state index contributed by atoms with van der Waals surface area (Å²) >= 11 is 0. The van der Waals surface area contributed by atoms with Crippen molar-refractivity contribution in [1.82, 2.24) is 19.9 Å². The van der Waals surface area contributed by atoms with E-state index in [1.807, 2.05) is 4.90 Å². The maximum Gasteiger partial charge on any atom is 0.255 e. The fraction of sp³-hybridized carbons (Fsp3) is 0.444. The third-order valence-corrected chi connectivity index (χ3v) is 4.72. The third kappa shape index (κ3) is 3.46. The summed E-state index contributed by atoms with van der Waals surface area (Å²) in [4.78, 5) is 27.2. The number of pyridine rings is 1. The molecule has 2 aromatic rings. The first-order valence-corrected chi connectivity index (χ1v) is 8.69. The summed E-state index contributed by atoms with van der Waals surface area (Å²) in [6.45, 7) is 2.77. The summed E-state index contributed by atoms with van der Waals surface area (Å²) < 4.78 is 5.65. The van der Waals surface area contributed by atoms with Crippen LogP contribution in [0.15, 0.2) is 30.9 Å². The molecular weight excluding hydrogens is 318 g/mol. The molecule has 2 aliphatic heterocycles. The zero-order chi connectivity index (χ0) is 17.1. The minimum atomic E-state index is -0.00812. The van der Waals surface area contributed by atoms with Crippen LogP contribution < -0.4 is 5.32 Å². The van der Waals surface area contributed by atoms with E-state index in [-0.39, 0.29) is 12.0 Å². The highest BCUT2D eigenvalue weighted by Gasteiger charge is 2.25. The van der Waals surface area contributed by atoms with Crippen LogP contribution >= 0.6 is 0 Å². The molecule has 2 aromatic heterocycles. The predicted molar refractivity (Wildman–Crippen MR) is 92.2 cm³/mol. The number of nitrogens with one attached hydrogen (secondary N) is 1. The van der Waals surface area contributed by atoms with Crippen LogP contribution in [0.1, 0.15) is 34.5 Å². The Morgan fingerprint density at radius 2 is 2.36 bits per heavy atom. The molecule has 0 unspecified atom stereocenters. The molecule has 7 heteroatoms. The minimum absolute atomic E-state index is 0.00812. The molecule has 7 nitrogen and oxygen atoms in total. The van der Waals surface area contributed by atoms with Crippen molar-refractivity contribution >= 4 is 11.7 Å². The second-order valence-electron chi connectivity index (χ2n) is 6.38. The van der Waals surface area contributed by atoms with Crippen molar-refractivity contribution in [2.45, 2.75) is 31.9 Å². The highest BCUT2D eigenvalue weighted by Crippen LogP contribution is 2.24. The first kappa shape index (κ1) is 16.0. The predicted octanol–water partition coefficient (Wildman–Crippen LogP) is 1.66. The lowest BCUT2D eigenvalue weighted by Gasteiger charge is -2.29. The number of amides is 1. The fourth-order valence-electron chi connectivity index (χ4n) is 3.37. The average molecular weight is 339 g/mol. The van der Waals surface area contributed by atoms with Crippen LogP contribution in [-0.4, -0.2) is 51.6 Å². The number of carbonyl (C=O) groups is 1. The zero-order valence-corrected chi connectivity index (χ0v) is 14.0. The molecule has 2 aliphatic rings. The molecule has 1 atom stereocenters. The lowest BCUT2D eigenvalue weighted by molar-refractivity contribution is 0.0731. The van der Waals surface area contributed by atoms with E-state index < -0.39 is 0 Å². The second-order valence-corrected chi connectivity index (χ2v) is 6.38. The number of rotatable bonds is 4. The van der Waals surface area contributed by atoms with E-state index in [9.17, 15) is 4.79 Å². The summed E-state index contributed by atoms with van der Waals surface area (Å²) in [5.74, 6) is 0.861. The van der Waals surface area contributed by atoms with Gasteiger partial charge in [0.1, 0.15) is 12.1 Å². The van der Waals surface area contributed by atoms with Crippen molar-refractivity contribution in [3.8, 4) is 0 Å². The number of nitrogens with zero attached hydrogens (tertiary/aromatic N) is 4. The molecule has 130 valence electrons. The average Bonchev–Trinajstić information content (AvgIpc) is 3.19. The highest BCUT2D eigenvalue weighted by molar-refractivity contribution is 5.94. The van der Waals surface area contributed by atoms with Gasteiger partial charge in [0, 0.05) is 37.7 Å². The largest absolute Gasteiger partial charge is 0.376 e. The number of carbonyl (C=O) groups excluding carboxylic acids is 1. The van der Waals surface area contributed by atoms with Crippen LogP contribution in [-0.2, 0) is 17.7 Å². The van der Waals surface area contributed by atoms with Crippen molar-refractivity contribution in [2.24, 2.45) is 0 Å². The molecule has 1 fully saturated rings. The molecule has 0 bridgehead atoms. The van der Waals surface area contributed by atoms with Gasteiger partial charge in [0.15, 0.2) is 0 Å². The van der Waals surface area contributed by atoms with Crippen LogP contribution in [0.5, 0.6) is 0 Å². The molecule has 0 aromatic carbocycles. The van der Waals surface area contributed by atoms with Gasteiger partial charge in [-0.15, -0.1) is 0 Å². The molecule has 1 N–H and O–H groups in total. The second kappa shape index (κ2) is 7.14. The van der Waals surface area contributed by atoms with E-state index in [0.717, 1.165) is 49.5 Å². The fourth-order valence-corrected chi connectivity index (χ4v) is 3.37. The molecule has 0 spiro atoms. The zero-order valence-electron chi connectivity index (χ0n) is 14.0. The van der Waals surface area contributed by atoms with Gasteiger partial charge in [-0.05, 0) is 31.4 Å². The monoisotopic (exact) mass is 339 g/mol. The Hall–Kier alpha value is -2.54. The Bertz CT molecular complexity index is 746. The van der Waals surface area contributed by atoms with Crippen LogP contribution in [0.25, 0.3) is 0 Å². The van der Waals surface area contributed by atoms with Gasteiger partial charge in [0.2, 0.25) is 0 Å². The standard InChI is InChI=1S/C18H21N5O2/c24-18(13-3-1-6-19-9-13)23-7-5-15-16(11-23)21-12-22-17(15)20-10-14-4-2-8-25-14/h1,3,6,9,12,14H,2,4-5,7-8,10-11H2,(H,20,21,22)/t14-/m0/s1. The number of aromatic nitrogens is 3. The topological polar surface area (TPSA) is 80.2 Å². The summed E-state index contributed by atoms with van der Waals surface area (Å²) in [5, 5.41) is 3.40. The molecule has 25 heavy (non-hydrogen) atoms. The molecule has 0 radical (unpaired) electrons. The van der Waals surface area contributed by atoms with E-state index >= 15 is 0 Å². The maximum absolute atomic E-state index is 12.6. The van der Waals surface area contributed by atoms with Crippen molar-refractivity contribution in [3.63, 3.8) is 0 Å². The highest BCUT2D eigenvalue weighted by atomic mass is 16.5.